The highest BCUT2D eigenvalue weighted by atomic mass is 35.5. The second-order valence-corrected chi connectivity index (χ2v) is 13.8. The molecule has 0 aromatic heterocycles. The Labute approximate surface area is 236 Å². The number of sulfone groups is 1. The maximum atomic E-state index is 13.4. The molecule has 0 fully saturated rings. The molecule has 210 valence electrons. The molecular formula is C30H37ClN2O5S. The number of benzene rings is 2. The topological polar surface area (TPSA) is 116 Å². The Balaban J connectivity index is 1.80. The number of aliphatic hydroxyl groups is 2. The Kier molecular flexibility index (Phi) is 8.92. The summed E-state index contributed by atoms with van der Waals surface area (Å²) >= 11 is 6.40. The predicted octanol–water partition coefficient (Wildman–Crippen LogP) is 6.86. The normalized spacial score (nSPS) is 16.8. The molecule has 1 aliphatic rings. The zero-order chi connectivity index (χ0) is 29.2. The first kappa shape index (κ1) is 30.3. The van der Waals surface area contributed by atoms with Crippen LogP contribution in [0.2, 0.25) is 0 Å². The van der Waals surface area contributed by atoms with Crippen LogP contribution in [0.4, 0.5) is 5.69 Å². The van der Waals surface area contributed by atoms with E-state index in [1.807, 2.05) is 6.07 Å². The summed E-state index contributed by atoms with van der Waals surface area (Å²) in [6.07, 6.45) is 1.17. The van der Waals surface area contributed by atoms with E-state index >= 15 is 0 Å². The van der Waals surface area contributed by atoms with Gasteiger partial charge < -0.3 is 20.8 Å². The highest BCUT2D eigenvalue weighted by Crippen LogP contribution is 2.41. The largest absolute Gasteiger partial charge is 0.507 e. The standard InChI is InChI=1S/C30H37ClN2O5S/c1-7-26(39(37,38)21-15-13-19(14-16-21)30(5,6)29(2,3)4)28(36)33-24-18-25(34)22(17-23(24)31)27(35)32-20-11-9-8-10-12-20/h8-16,18,26,32,34-35H,7,17H2,1-6H3,(H,33,36). The van der Waals surface area contributed by atoms with E-state index in [4.69, 9.17) is 11.6 Å². The third-order valence-electron chi connectivity index (χ3n) is 7.61. The van der Waals surface area contributed by atoms with Crippen LogP contribution in [0.25, 0.3) is 0 Å². The van der Waals surface area contributed by atoms with Crippen molar-refractivity contribution in [1.82, 2.24) is 5.32 Å². The van der Waals surface area contributed by atoms with Gasteiger partial charge in [0.05, 0.1) is 16.2 Å². The van der Waals surface area contributed by atoms with Gasteiger partial charge in [0.1, 0.15) is 11.0 Å². The molecule has 1 atom stereocenters. The number of hydrogen-bond donors (Lipinski definition) is 4. The fourth-order valence-electron chi connectivity index (χ4n) is 4.10. The molecule has 1 amide bonds. The summed E-state index contributed by atoms with van der Waals surface area (Å²) in [4.78, 5) is 13.2. The lowest BCUT2D eigenvalue weighted by Gasteiger charge is -2.39. The van der Waals surface area contributed by atoms with E-state index in [2.05, 4.69) is 45.3 Å². The zero-order valence-corrected chi connectivity index (χ0v) is 24.7. The lowest BCUT2D eigenvalue weighted by atomic mass is 9.65. The molecule has 2 aromatic rings. The van der Waals surface area contributed by atoms with E-state index in [1.54, 1.807) is 55.5 Å². The first-order valence-corrected chi connectivity index (χ1v) is 14.7. The van der Waals surface area contributed by atoms with Crippen LogP contribution >= 0.6 is 11.6 Å². The van der Waals surface area contributed by atoms with Crippen molar-refractivity contribution in [1.29, 1.82) is 0 Å². The number of rotatable bonds is 8. The van der Waals surface area contributed by atoms with Gasteiger partial charge in [0.25, 0.3) is 0 Å². The number of carbonyl (C=O) groups excluding carboxylic acids is 1. The molecule has 0 radical (unpaired) electrons. The fraction of sp³-hybridized carbons (Fsp3) is 0.367. The van der Waals surface area contributed by atoms with E-state index in [9.17, 15) is 23.4 Å². The third-order valence-corrected chi connectivity index (χ3v) is 10.2. The minimum Gasteiger partial charge on any atom is -0.507 e. The van der Waals surface area contributed by atoms with E-state index in [-0.39, 0.29) is 56.5 Å². The summed E-state index contributed by atoms with van der Waals surface area (Å²) in [6.45, 7) is 12.2. The molecule has 2 aromatic carbocycles. The number of nitrogens with one attached hydrogen (secondary N) is 2. The van der Waals surface area contributed by atoms with Crippen molar-refractivity contribution in [3.05, 3.63) is 94.2 Å². The second-order valence-electron chi connectivity index (χ2n) is 11.2. The SMILES string of the molecule is CCC(C(=O)NC1=C(Cl)CC(=C(O)Nc2ccccc2)C(O)=C1)S(=O)(=O)c1ccc(C(C)(C)C(C)(C)C)cc1. The van der Waals surface area contributed by atoms with Gasteiger partial charge in [-0.3, -0.25) is 4.79 Å². The first-order valence-electron chi connectivity index (χ1n) is 12.8. The van der Waals surface area contributed by atoms with Crippen molar-refractivity contribution in [2.75, 3.05) is 5.32 Å². The van der Waals surface area contributed by atoms with Gasteiger partial charge in [0.2, 0.25) is 5.91 Å². The minimum absolute atomic E-state index is 0.0386. The average Bonchev–Trinajstić information content (AvgIpc) is 2.86. The van der Waals surface area contributed by atoms with Gasteiger partial charge in [-0.25, -0.2) is 8.42 Å². The van der Waals surface area contributed by atoms with E-state index in [1.165, 1.54) is 6.08 Å². The summed E-state index contributed by atoms with van der Waals surface area (Å²) in [5.41, 5.74) is 1.58. The predicted molar refractivity (Wildman–Crippen MR) is 156 cm³/mol. The van der Waals surface area contributed by atoms with Gasteiger partial charge in [-0.2, -0.15) is 0 Å². The summed E-state index contributed by atoms with van der Waals surface area (Å²) < 4.78 is 26.9. The Morgan fingerprint density at radius 2 is 1.59 bits per heavy atom. The average molecular weight is 573 g/mol. The van der Waals surface area contributed by atoms with Crippen LogP contribution in [0.3, 0.4) is 0 Å². The monoisotopic (exact) mass is 572 g/mol. The molecule has 0 aliphatic heterocycles. The molecule has 4 N–H and O–H groups in total. The Morgan fingerprint density at radius 3 is 2.13 bits per heavy atom. The van der Waals surface area contributed by atoms with Gasteiger partial charge in [0.15, 0.2) is 15.7 Å². The van der Waals surface area contributed by atoms with Gasteiger partial charge in [-0.05, 0) is 47.1 Å². The van der Waals surface area contributed by atoms with Crippen molar-refractivity contribution < 1.29 is 23.4 Å². The summed E-state index contributed by atoms with van der Waals surface area (Å²) in [5, 5.41) is 25.1. The maximum absolute atomic E-state index is 13.4. The van der Waals surface area contributed by atoms with E-state index in [0.29, 0.717) is 5.69 Å². The van der Waals surface area contributed by atoms with Crippen LogP contribution in [0.15, 0.2) is 93.5 Å². The molecule has 1 unspecified atom stereocenters. The van der Waals surface area contributed by atoms with Crippen LogP contribution in [-0.2, 0) is 20.0 Å². The maximum Gasteiger partial charge on any atom is 0.243 e. The Morgan fingerprint density at radius 1 is 1.00 bits per heavy atom. The minimum atomic E-state index is -4.01. The van der Waals surface area contributed by atoms with Crippen molar-refractivity contribution >= 4 is 33.0 Å². The molecule has 0 bridgehead atoms. The second kappa shape index (κ2) is 11.5. The van der Waals surface area contributed by atoms with Crippen molar-refractivity contribution in [3.8, 4) is 0 Å². The Bertz CT molecular complexity index is 1420. The first-order chi connectivity index (χ1) is 18.1. The molecule has 0 heterocycles. The van der Waals surface area contributed by atoms with Crippen LogP contribution in [0.5, 0.6) is 0 Å². The number of carbonyl (C=O) groups is 1. The molecule has 1 aliphatic carbocycles. The van der Waals surface area contributed by atoms with Gasteiger partial charge in [-0.1, -0.05) is 83.5 Å². The lowest BCUT2D eigenvalue weighted by Crippen LogP contribution is -2.39. The lowest BCUT2D eigenvalue weighted by molar-refractivity contribution is -0.120. The van der Waals surface area contributed by atoms with E-state index < -0.39 is 21.0 Å². The number of hydrogen-bond acceptors (Lipinski definition) is 6. The third kappa shape index (κ3) is 6.50. The smallest absolute Gasteiger partial charge is 0.243 e. The molecule has 9 heteroatoms. The highest BCUT2D eigenvalue weighted by molar-refractivity contribution is 7.92. The van der Waals surface area contributed by atoms with Gasteiger partial charge in [-0.15, -0.1) is 0 Å². The number of aliphatic hydroxyl groups excluding tert-OH is 2. The van der Waals surface area contributed by atoms with Crippen LogP contribution in [-0.4, -0.2) is 29.8 Å². The molecule has 3 rings (SSSR count). The number of anilines is 1. The molecule has 0 spiro atoms. The summed E-state index contributed by atoms with van der Waals surface area (Å²) in [7, 11) is -4.01. The quantitative estimate of drug-likeness (QED) is 0.257. The van der Waals surface area contributed by atoms with Crippen LogP contribution in [0, 0.1) is 5.41 Å². The number of allylic oxidation sites excluding steroid dienone is 3. The molecular weight excluding hydrogens is 536 g/mol. The summed E-state index contributed by atoms with van der Waals surface area (Å²) in [6, 6.07) is 15.6. The van der Waals surface area contributed by atoms with Crippen molar-refractivity contribution in [3.63, 3.8) is 0 Å². The number of para-hydroxylation sites is 1. The molecule has 7 nitrogen and oxygen atoms in total. The fourth-order valence-corrected chi connectivity index (χ4v) is 5.96. The number of amides is 1. The highest BCUT2D eigenvalue weighted by Gasteiger charge is 2.36. The number of halogens is 1. The molecule has 0 saturated heterocycles. The van der Waals surface area contributed by atoms with Gasteiger partial charge >= 0.3 is 0 Å². The summed E-state index contributed by atoms with van der Waals surface area (Å²) in [5.74, 6) is -1.35. The van der Waals surface area contributed by atoms with Crippen molar-refractivity contribution in [2.45, 2.75) is 69.9 Å². The Hall–Kier alpha value is -3.23. The molecule has 39 heavy (non-hydrogen) atoms. The zero-order valence-electron chi connectivity index (χ0n) is 23.2. The molecule has 0 saturated carbocycles. The van der Waals surface area contributed by atoms with E-state index in [0.717, 1.165) is 5.56 Å². The van der Waals surface area contributed by atoms with Gasteiger partial charge in [0, 0.05) is 23.2 Å². The van der Waals surface area contributed by atoms with Crippen molar-refractivity contribution in [2.24, 2.45) is 5.41 Å². The van der Waals surface area contributed by atoms with Crippen LogP contribution in [0.1, 0.15) is 59.9 Å². The van der Waals surface area contributed by atoms with Crippen LogP contribution < -0.4 is 10.6 Å².